The number of piperidine rings is 1. The van der Waals surface area contributed by atoms with E-state index in [1.54, 1.807) is 4.90 Å². The second-order valence-electron chi connectivity index (χ2n) is 6.38. The number of carboxylic acids is 1. The van der Waals surface area contributed by atoms with Gasteiger partial charge in [-0.3, -0.25) is 9.59 Å². The van der Waals surface area contributed by atoms with E-state index in [2.05, 4.69) is 4.98 Å². The van der Waals surface area contributed by atoms with Crippen LogP contribution in [0.2, 0.25) is 0 Å². The van der Waals surface area contributed by atoms with Crippen LogP contribution >= 0.6 is 11.3 Å². The molecule has 1 amide bonds. The van der Waals surface area contributed by atoms with Crippen molar-refractivity contribution >= 4 is 23.2 Å². The molecule has 6 heteroatoms. The maximum Gasteiger partial charge on any atom is 0.308 e. The van der Waals surface area contributed by atoms with Crippen molar-refractivity contribution in [2.75, 3.05) is 13.1 Å². The first-order chi connectivity index (χ1) is 10.6. The van der Waals surface area contributed by atoms with Crippen LogP contribution in [-0.2, 0) is 4.79 Å². The molecular weight excluding hydrogens is 300 g/mol. The third-order valence-electron chi connectivity index (χ3n) is 4.77. The number of thiazole rings is 1. The molecule has 2 aliphatic rings. The number of aryl methyl sites for hydroxylation is 1. The summed E-state index contributed by atoms with van der Waals surface area (Å²) in [7, 11) is 0. The number of aromatic nitrogens is 1. The molecule has 2 fully saturated rings. The molecule has 120 valence electrons. The normalized spacial score (nSPS) is 23.0. The van der Waals surface area contributed by atoms with E-state index in [-0.39, 0.29) is 5.91 Å². The van der Waals surface area contributed by atoms with Crippen LogP contribution in [0.3, 0.4) is 0 Å². The average Bonchev–Trinajstić information content (AvgIpc) is 3.16. The lowest BCUT2D eigenvalue weighted by molar-refractivity contribution is -0.143. The number of likely N-dealkylation sites (tertiary alicyclic amines) is 1. The predicted octanol–water partition coefficient (Wildman–Crippen LogP) is 3.05. The summed E-state index contributed by atoms with van der Waals surface area (Å²) in [6, 6.07) is 0. The summed E-state index contributed by atoms with van der Waals surface area (Å²) >= 11 is 1.52. The van der Waals surface area contributed by atoms with Crippen LogP contribution in [-0.4, -0.2) is 40.0 Å². The highest BCUT2D eigenvalue weighted by atomic mass is 32.1. The molecule has 1 aliphatic carbocycles. The van der Waals surface area contributed by atoms with Gasteiger partial charge in [0.25, 0.3) is 5.91 Å². The molecule has 2 heterocycles. The van der Waals surface area contributed by atoms with Crippen LogP contribution in [0.1, 0.15) is 64.8 Å². The van der Waals surface area contributed by atoms with Crippen molar-refractivity contribution in [1.82, 2.24) is 9.88 Å². The van der Waals surface area contributed by atoms with Gasteiger partial charge in [0, 0.05) is 19.0 Å². The molecule has 1 saturated carbocycles. The Hall–Kier alpha value is -1.43. The van der Waals surface area contributed by atoms with E-state index in [9.17, 15) is 9.59 Å². The first-order valence-electron chi connectivity index (χ1n) is 8.05. The van der Waals surface area contributed by atoms with Crippen LogP contribution in [0, 0.1) is 12.8 Å². The molecule has 1 unspecified atom stereocenters. The Morgan fingerprint density at radius 2 is 1.95 bits per heavy atom. The van der Waals surface area contributed by atoms with Gasteiger partial charge in [0.15, 0.2) is 0 Å². The Kier molecular flexibility index (Phi) is 4.47. The topological polar surface area (TPSA) is 70.5 Å². The Morgan fingerprint density at radius 1 is 1.23 bits per heavy atom. The van der Waals surface area contributed by atoms with Crippen molar-refractivity contribution in [2.45, 2.75) is 51.4 Å². The summed E-state index contributed by atoms with van der Waals surface area (Å²) in [5.74, 6) is -0.756. The second-order valence-corrected chi connectivity index (χ2v) is 7.41. The number of carbonyl (C=O) groups is 2. The molecule has 0 spiro atoms. The summed E-state index contributed by atoms with van der Waals surface area (Å²) in [5.41, 5.74) is 0.800. The number of carbonyl (C=O) groups excluding carboxylic acids is 1. The Balaban J connectivity index is 1.75. The number of amides is 1. The van der Waals surface area contributed by atoms with Crippen LogP contribution in [0.15, 0.2) is 0 Å². The number of aliphatic carboxylic acids is 1. The average molecular weight is 322 g/mol. The minimum Gasteiger partial charge on any atom is -0.481 e. The monoisotopic (exact) mass is 322 g/mol. The zero-order chi connectivity index (χ0) is 15.7. The zero-order valence-corrected chi connectivity index (χ0v) is 13.7. The summed E-state index contributed by atoms with van der Waals surface area (Å²) in [4.78, 5) is 30.9. The summed E-state index contributed by atoms with van der Waals surface area (Å²) in [6.07, 6.45) is 6.26. The lowest BCUT2D eigenvalue weighted by Gasteiger charge is -2.30. The molecule has 1 aliphatic heterocycles. The fourth-order valence-corrected chi connectivity index (χ4v) is 4.67. The number of carboxylic acid groups (broad SMARTS) is 1. The molecule has 3 rings (SSSR count). The van der Waals surface area contributed by atoms with Crippen LogP contribution in [0.5, 0.6) is 0 Å². The van der Waals surface area contributed by atoms with Crippen LogP contribution in [0.4, 0.5) is 0 Å². The number of nitrogens with zero attached hydrogens (tertiary/aromatic N) is 2. The molecule has 1 aromatic heterocycles. The van der Waals surface area contributed by atoms with Gasteiger partial charge in [-0.2, -0.15) is 0 Å². The highest BCUT2D eigenvalue weighted by Crippen LogP contribution is 2.37. The molecule has 1 N–H and O–H groups in total. The molecule has 1 aromatic rings. The SMILES string of the molecule is Cc1nc(C2CCCC2)sc1C(=O)N1CCCC(C(=O)O)C1. The first-order valence-corrected chi connectivity index (χ1v) is 8.87. The van der Waals surface area contributed by atoms with Gasteiger partial charge in [-0.1, -0.05) is 12.8 Å². The number of rotatable bonds is 3. The summed E-state index contributed by atoms with van der Waals surface area (Å²) in [6.45, 7) is 2.86. The molecule has 0 aromatic carbocycles. The molecule has 22 heavy (non-hydrogen) atoms. The van der Waals surface area contributed by atoms with Gasteiger partial charge >= 0.3 is 5.97 Å². The Labute approximate surface area is 134 Å². The van der Waals surface area contributed by atoms with Crippen molar-refractivity contribution in [3.8, 4) is 0 Å². The predicted molar refractivity (Wildman–Crippen MR) is 84.3 cm³/mol. The van der Waals surface area contributed by atoms with Crippen molar-refractivity contribution in [2.24, 2.45) is 5.92 Å². The fourth-order valence-electron chi connectivity index (χ4n) is 3.47. The lowest BCUT2D eigenvalue weighted by Crippen LogP contribution is -2.42. The van der Waals surface area contributed by atoms with Crippen LogP contribution < -0.4 is 0 Å². The van der Waals surface area contributed by atoms with Gasteiger partial charge in [0.1, 0.15) is 4.88 Å². The van der Waals surface area contributed by atoms with Gasteiger partial charge in [0.2, 0.25) is 0 Å². The van der Waals surface area contributed by atoms with Crippen molar-refractivity contribution in [3.63, 3.8) is 0 Å². The zero-order valence-electron chi connectivity index (χ0n) is 12.9. The van der Waals surface area contributed by atoms with E-state index in [1.807, 2.05) is 6.92 Å². The van der Waals surface area contributed by atoms with Gasteiger partial charge in [-0.05, 0) is 32.6 Å². The Morgan fingerprint density at radius 3 is 2.64 bits per heavy atom. The summed E-state index contributed by atoms with van der Waals surface area (Å²) < 4.78 is 0. The lowest BCUT2D eigenvalue weighted by atomic mass is 9.98. The van der Waals surface area contributed by atoms with Crippen molar-refractivity contribution in [1.29, 1.82) is 0 Å². The van der Waals surface area contributed by atoms with E-state index >= 15 is 0 Å². The van der Waals surface area contributed by atoms with E-state index in [0.29, 0.717) is 30.3 Å². The fraction of sp³-hybridized carbons (Fsp3) is 0.688. The smallest absolute Gasteiger partial charge is 0.308 e. The summed E-state index contributed by atoms with van der Waals surface area (Å²) in [5, 5.41) is 10.3. The Bertz CT molecular complexity index is 578. The minimum atomic E-state index is -0.801. The minimum absolute atomic E-state index is 0.0369. The van der Waals surface area contributed by atoms with Crippen molar-refractivity contribution < 1.29 is 14.7 Å². The van der Waals surface area contributed by atoms with Crippen molar-refractivity contribution in [3.05, 3.63) is 15.6 Å². The third kappa shape index (κ3) is 3.02. The molecule has 0 bridgehead atoms. The second kappa shape index (κ2) is 6.36. The molecule has 1 saturated heterocycles. The largest absolute Gasteiger partial charge is 0.481 e. The highest BCUT2D eigenvalue weighted by Gasteiger charge is 2.31. The third-order valence-corrected chi connectivity index (χ3v) is 6.08. The van der Waals surface area contributed by atoms with E-state index in [1.165, 1.54) is 37.0 Å². The molecule has 1 atom stereocenters. The molecular formula is C16H22N2O3S. The number of hydrogen-bond donors (Lipinski definition) is 1. The molecule has 5 nitrogen and oxygen atoms in total. The van der Waals surface area contributed by atoms with Gasteiger partial charge < -0.3 is 10.0 Å². The highest BCUT2D eigenvalue weighted by molar-refractivity contribution is 7.13. The number of hydrogen-bond acceptors (Lipinski definition) is 4. The maximum absolute atomic E-state index is 12.7. The van der Waals surface area contributed by atoms with E-state index in [4.69, 9.17) is 5.11 Å². The van der Waals surface area contributed by atoms with Gasteiger partial charge in [-0.25, -0.2) is 4.98 Å². The van der Waals surface area contributed by atoms with E-state index < -0.39 is 11.9 Å². The first kappa shape index (κ1) is 15.5. The quantitative estimate of drug-likeness (QED) is 0.928. The maximum atomic E-state index is 12.7. The van der Waals surface area contributed by atoms with Gasteiger partial charge in [0.05, 0.1) is 16.6 Å². The molecule has 0 radical (unpaired) electrons. The van der Waals surface area contributed by atoms with Crippen LogP contribution in [0.25, 0.3) is 0 Å². The standard InChI is InChI=1S/C16H22N2O3S/c1-10-13(22-14(17-10)11-5-2-3-6-11)15(19)18-8-4-7-12(9-18)16(20)21/h11-12H,2-9H2,1H3,(H,20,21). The van der Waals surface area contributed by atoms with Gasteiger partial charge in [-0.15, -0.1) is 11.3 Å². The van der Waals surface area contributed by atoms with E-state index in [0.717, 1.165) is 17.1 Å².